The fraction of sp³-hybridized carbons (Fsp3) is 0.400. The van der Waals surface area contributed by atoms with Crippen LogP contribution in [0.15, 0.2) is 24.3 Å². The quantitative estimate of drug-likeness (QED) is 0.755. The molecule has 3 rings (SSSR count). The van der Waals surface area contributed by atoms with E-state index in [1.807, 2.05) is 0 Å². The Balaban J connectivity index is 2.08. The van der Waals surface area contributed by atoms with Crippen LogP contribution in [0.1, 0.15) is 24.6 Å². The number of imidazole rings is 1. The molecule has 0 N–H and O–H groups in total. The molecule has 2 aromatic rings. The van der Waals surface area contributed by atoms with Gasteiger partial charge in [0.25, 0.3) is 0 Å². The molecule has 0 saturated carbocycles. The first-order chi connectivity index (χ1) is 8.65. The minimum atomic E-state index is 0.678. The van der Waals surface area contributed by atoms with Crippen LogP contribution in [0.2, 0.25) is 5.15 Å². The van der Waals surface area contributed by atoms with Gasteiger partial charge >= 0.3 is 0 Å². The smallest absolute Gasteiger partial charge is 0.150 e. The SMILES string of the molecule is Cc1ccc(-c2nc(Cl)c3n2CCC(C)C3)cc1. The Labute approximate surface area is 113 Å². The molecule has 1 aromatic heterocycles. The van der Waals surface area contributed by atoms with Gasteiger partial charge in [-0.05, 0) is 25.7 Å². The predicted octanol–water partition coefficient (Wildman–Crippen LogP) is 4.09. The van der Waals surface area contributed by atoms with Gasteiger partial charge in [-0.1, -0.05) is 48.4 Å². The standard InChI is InChI=1S/C15H17ClN2/c1-10-3-5-12(6-4-10)15-17-14(16)13-9-11(2)7-8-18(13)15/h3-6,11H,7-9H2,1-2H3. The molecular weight excluding hydrogens is 244 g/mol. The molecule has 0 aliphatic carbocycles. The number of aryl methyl sites for hydroxylation is 1. The summed E-state index contributed by atoms with van der Waals surface area (Å²) >= 11 is 6.28. The summed E-state index contributed by atoms with van der Waals surface area (Å²) < 4.78 is 2.28. The van der Waals surface area contributed by atoms with E-state index in [0.717, 1.165) is 24.4 Å². The lowest BCUT2D eigenvalue weighted by Gasteiger charge is -2.22. The first-order valence-electron chi connectivity index (χ1n) is 6.47. The van der Waals surface area contributed by atoms with E-state index >= 15 is 0 Å². The van der Waals surface area contributed by atoms with E-state index in [1.54, 1.807) is 0 Å². The molecule has 1 aliphatic rings. The number of hydrogen-bond donors (Lipinski definition) is 0. The molecule has 1 aliphatic heterocycles. The minimum Gasteiger partial charge on any atom is -0.327 e. The van der Waals surface area contributed by atoms with Crippen LogP contribution in [-0.2, 0) is 13.0 Å². The maximum atomic E-state index is 6.28. The van der Waals surface area contributed by atoms with E-state index in [9.17, 15) is 0 Å². The van der Waals surface area contributed by atoms with Gasteiger partial charge in [0.05, 0.1) is 5.69 Å². The summed E-state index contributed by atoms with van der Waals surface area (Å²) in [7, 11) is 0. The average Bonchev–Trinajstić information content (AvgIpc) is 2.68. The van der Waals surface area contributed by atoms with Crippen LogP contribution in [-0.4, -0.2) is 9.55 Å². The predicted molar refractivity (Wildman–Crippen MR) is 74.9 cm³/mol. The zero-order valence-electron chi connectivity index (χ0n) is 10.8. The van der Waals surface area contributed by atoms with Gasteiger partial charge in [-0.2, -0.15) is 0 Å². The Hall–Kier alpha value is -1.28. The van der Waals surface area contributed by atoms with Crippen molar-refractivity contribution in [2.75, 3.05) is 0 Å². The number of benzene rings is 1. The second-order valence-corrected chi connectivity index (χ2v) is 5.65. The maximum absolute atomic E-state index is 6.28. The van der Waals surface area contributed by atoms with Crippen LogP contribution in [0.25, 0.3) is 11.4 Å². The summed E-state index contributed by atoms with van der Waals surface area (Å²) in [5.74, 6) is 1.72. The van der Waals surface area contributed by atoms with Gasteiger partial charge in [-0.15, -0.1) is 0 Å². The van der Waals surface area contributed by atoms with E-state index in [2.05, 4.69) is 47.7 Å². The third-order valence-electron chi connectivity index (χ3n) is 3.72. The van der Waals surface area contributed by atoms with Crippen molar-refractivity contribution in [3.8, 4) is 11.4 Å². The normalized spacial score (nSPS) is 18.7. The number of aromatic nitrogens is 2. The maximum Gasteiger partial charge on any atom is 0.150 e. The van der Waals surface area contributed by atoms with Crippen molar-refractivity contribution < 1.29 is 0 Å². The summed E-state index contributed by atoms with van der Waals surface area (Å²) in [5, 5.41) is 0.678. The van der Waals surface area contributed by atoms with Gasteiger partial charge in [-0.25, -0.2) is 4.98 Å². The monoisotopic (exact) mass is 260 g/mol. The summed E-state index contributed by atoms with van der Waals surface area (Å²) in [4.78, 5) is 4.56. The highest BCUT2D eigenvalue weighted by Gasteiger charge is 2.22. The fourth-order valence-corrected chi connectivity index (χ4v) is 2.86. The van der Waals surface area contributed by atoms with E-state index in [-0.39, 0.29) is 0 Å². The number of rotatable bonds is 1. The van der Waals surface area contributed by atoms with Crippen molar-refractivity contribution in [3.63, 3.8) is 0 Å². The minimum absolute atomic E-state index is 0.678. The van der Waals surface area contributed by atoms with E-state index in [0.29, 0.717) is 11.1 Å². The number of fused-ring (bicyclic) bond motifs is 1. The lowest BCUT2D eigenvalue weighted by molar-refractivity contribution is 0.419. The Morgan fingerprint density at radius 2 is 2.00 bits per heavy atom. The van der Waals surface area contributed by atoms with Crippen LogP contribution >= 0.6 is 11.6 Å². The Bertz CT molecular complexity index is 569. The summed E-state index contributed by atoms with van der Waals surface area (Å²) in [6.07, 6.45) is 2.25. The molecule has 3 heteroatoms. The van der Waals surface area contributed by atoms with Crippen LogP contribution in [0.5, 0.6) is 0 Å². The lowest BCUT2D eigenvalue weighted by atomic mass is 9.98. The van der Waals surface area contributed by atoms with Gasteiger partial charge < -0.3 is 4.57 Å². The molecule has 0 bridgehead atoms. The summed E-state index contributed by atoms with van der Waals surface area (Å²) in [6.45, 7) is 5.40. The van der Waals surface area contributed by atoms with Gasteiger partial charge in [-0.3, -0.25) is 0 Å². The lowest BCUT2D eigenvalue weighted by Crippen LogP contribution is -2.17. The third kappa shape index (κ3) is 1.95. The molecule has 0 radical (unpaired) electrons. The number of nitrogens with zero attached hydrogens (tertiary/aromatic N) is 2. The number of hydrogen-bond acceptors (Lipinski definition) is 1. The van der Waals surface area contributed by atoms with Crippen LogP contribution in [0.3, 0.4) is 0 Å². The van der Waals surface area contributed by atoms with Crippen molar-refractivity contribution in [2.45, 2.75) is 33.2 Å². The zero-order valence-corrected chi connectivity index (χ0v) is 11.5. The van der Waals surface area contributed by atoms with Gasteiger partial charge in [0, 0.05) is 12.1 Å². The van der Waals surface area contributed by atoms with E-state index in [1.165, 1.54) is 17.7 Å². The van der Waals surface area contributed by atoms with Crippen molar-refractivity contribution in [2.24, 2.45) is 5.92 Å². The topological polar surface area (TPSA) is 17.8 Å². The van der Waals surface area contributed by atoms with Gasteiger partial charge in [0.2, 0.25) is 0 Å². The zero-order chi connectivity index (χ0) is 12.7. The highest BCUT2D eigenvalue weighted by Crippen LogP contribution is 2.31. The second-order valence-electron chi connectivity index (χ2n) is 5.29. The number of halogens is 1. The van der Waals surface area contributed by atoms with Crippen molar-refractivity contribution >= 4 is 11.6 Å². The molecule has 0 amide bonds. The third-order valence-corrected chi connectivity index (χ3v) is 4.02. The summed E-state index contributed by atoms with van der Waals surface area (Å²) in [6, 6.07) is 8.49. The molecule has 2 heterocycles. The van der Waals surface area contributed by atoms with Crippen molar-refractivity contribution in [1.29, 1.82) is 0 Å². The average molecular weight is 261 g/mol. The second kappa shape index (κ2) is 4.43. The fourth-order valence-electron chi connectivity index (χ4n) is 2.60. The van der Waals surface area contributed by atoms with Crippen LogP contribution < -0.4 is 0 Å². The molecule has 0 saturated heterocycles. The molecule has 1 aromatic carbocycles. The molecule has 1 atom stereocenters. The van der Waals surface area contributed by atoms with E-state index in [4.69, 9.17) is 11.6 Å². The molecule has 18 heavy (non-hydrogen) atoms. The molecule has 94 valence electrons. The largest absolute Gasteiger partial charge is 0.327 e. The van der Waals surface area contributed by atoms with E-state index < -0.39 is 0 Å². The molecule has 2 nitrogen and oxygen atoms in total. The first-order valence-corrected chi connectivity index (χ1v) is 6.85. The Morgan fingerprint density at radius 3 is 2.72 bits per heavy atom. The highest BCUT2D eigenvalue weighted by atomic mass is 35.5. The molecule has 1 unspecified atom stereocenters. The van der Waals surface area contributed by atoms with Crippen molar-refractivity contribution in [3.05, 3.63) is 40.7 Å². The Kier molecular flexibility index (Phi) is 2.90. The molecule has 0 fully saturated rings. The highest BCUT2D eigenvalue weighted by molar-refractivity contribution is 6.30. The molecule has 0 spiro atoms. The van der Waals surface area contributed by atoms with Gasteiger partial charge in [0.15, 0.2) is 5.15 Å². The first kappa shape index (κ1) is 11.8. The summed E-state index contributed by atoms with van der Waals surface area (Å²) in [5.41, 5.74) is 3.62. The Morgan fingerprint density at radius 1 is 1.28 bits per heavy atom. The van der Waals surface area contributed by atoms with Crippen LogP contribution in [0.4, 0.5) is 0 Å². The van der Waals surface area contributed by atoms with Gasteiger partial charge in [0.1, 0.15) is 5.82 Å². The van der Waals surface area contributed by atoms with Crippen LogP contribution in [0, 0.1) is 12.8 Å². The molecular formula is C15H17ClN2. The van der Waals surface area contributed by atoms with Crippen molar-refractivity contribution in [1.82, 2.24) is 9.55 Å².